The average molecular weight is 193 g/mol. The number of hydrogen-bond donors (Lipinski definition) is 3. The van der Waals surface area contributed by atoms with Crippen molar-refractivity contribution < 1.29 is 0 Å². The average Bonchev–Trinajstić information content (AvgIpc) is 2.18. The summed E-state index contributed by atoms with van der Waals surface area (Å²) in [5.74, 6) is 5.70. The zero-order chi connectivity index (χ0) is 10.6. The molecular formula is C9H15N5. The molecule has 5 heteroatoms. The van der Waals surface area contributed by atoms with Crippen LogP contribution in [0.15, 0.2) is 23.4 Å². The standard InChI is InChI=1S/C9H15N5/c1-6(2)7-4-3-5-12-8(7)9(10)13-14-11/h3-6,14H,11H2,1-2H3,(H2,10,13). The molecule has 1 heterocycles. The molecule has 0 aliphatic rings. The molecule has 0 bridgehead atoms. The molecule has 1 aromatic rings. The molecule has 0 radical (unpaired) electrons. The van der Waals surface area contributed by atoms with Crippen LogP contribution in [0.5, 0.6) is 0 Å². The van der Waals surface area contributed by atoms with Gasteiger partial charge in [-0.1, -0.05) is 19.9 Å². The molecule has 76 valence electrons. The van der Waals surface area contributed by atoms with E-state index in [1.807, 2.05) is 12.1 Å². The van der Waals surface area contributed by atoms with Crippen LogP contribution in [0.1, 0.15) is 31.0 Å². The molecule has 5 N–H and O–H groups in total. The smallest absolute Gasteiger partial charge is 0.171 e. The zero-order valence-corrected chi connectivity index (χ0v) is 8.36. The largest absolute Gasteiger partial charge is 0.380 e. The van der Waals surface area contributed by atoms with Gasteiger partial charge in [0.05, 0.1) is 0 Å². The van der Waals surface area contributed by atoms with Crippen molar-refractivity contribution in [3.8, 4) is 0 Å². The summed E-state index contributed by atoms with van der Waals surface area (Å²) in [5, 5.41) is 3.70. The van der Waals surface area contributed by atoms with Crippen molar-refractivity contribution in [2.24, 2.45) is 16.7 Å². The summed E-state index contributed by atoms with van der Waals surface area (Å²) in [6, 6.07) is 3.86. The van der Waals surface area contributed by atoms with E-state index in [1.165, 1.54) is 0 Å². The third-order valence-electron chi connectivity index (χ3n) is 1.89. The number of amidine groups is 1. The van der Waals surface area contributed by atoms with Crippen LogP contribution in [-0.2, 0) is 0 Å². The first-order valence-corrected chi connectivity index (χ1v) is 4.41. The lowest BCUT2D eigenvalue weighted by atomic mass is 10.0. The molecule has 1 rings (SSSR count). The maximum Gasteiger partial charge on any atom is 0.171 e. The number of hydrogen-bond acceptors (Lipinski definition) is 4. The fourth-order valence-electron chi connectivity index (χ4n) is 1.22. The van der Waals surface area contributed by atoms with Gasteiger partial charge in [-0.3, -0.25) is 4.98 Å². The van der Waals surface area contributed by atoms with E-state index in [9.17, 15) is 0 Å². The van der Waals surface area contributed by atoms with E-state index in [4.69, 9.17) is 11.6 Å². The van der Waals surface area contributed by atoms with Gasteiger partial charge >= 0.3 is 0 Å². The molecule has 0 atom stereocenters. The SMILES string of the molecule is CC(C)c1cccnc1/C(N)=N/NN. The molecule has 0 aliphatic heterocycles. The molecule has 0 aromatic carbocycles. The van der Waals surface area contributed by atoms with Crippen LogP contribution in [0.3, 0.4) is 0 Å². The highest BCUT2D eigenvalue weighted by Gasteiger charge is 2.10. The molecule has 0 saturated heterocycles. The van der Waals surface area contributed by atoms with E-state index in [0.29, 0.717) is 17.4 Å². The normalized spacial score (nSPS) is 11.9. The van der Waals surface area contributed by atoms with Gasteiger partial charge < -0.3 is 5.73 Å². The summed E-state index contributed by atoms with van der Waals surface area (Å²) in [6.45, 7) is 4.15. The molecular weight excluding hydrogens is 178 g/mol. The number of nitrogens with one attached hydrogen (secondary N) is 1. The second-order valence-electron chi connectivity index (χ2n) is 3.22. The molecule has 0 fully saturated rings. The highest BCUT2D eigenvalue weighted by molar-refractivity contribution is 5.96. The van der Waals surface area contributed by atoms with Crippen LogP contribution in [0.4, 0.5) is 0 Å². The Morgan fingerprint density at radius 2 is 2.29 bits per heavy atom. The summed E-state index contributed by atoms with van der Waals surface area (Å²) in [6.07, 6.45) is 1.68. The van der Waals surface area contributed by atoms with Crippen molar-refractivity contribution in [2.45, 2.75) is 19.8 Å². The number of hydrazine groups is 1. The van der Waals surface area contributed by atoms with Crippen LogP contribution in [0.25, 0.3) is 0 Å². The van der Waals surface area contributed by atoms with E-state index in [2.05, 4.69) is 29.5 Å². The van der Waals surface area contributed by atoms with Gasteiger partial charge in [-0.05, 0) is 17.5 Å². The van der Waals surface area contributed by atoms with E-state index >= 15 is 0 Å². The van der Waals surface area contributed by atoms with Gasteiger partial charge in [0, 0.05) is 6.20 Å². The Morgan fingerprint density at radius 1 is 1.57 bits per heavy atom. The predicted octanol–water partition coefficient (Wildman–Crippen LogP) is 0.289. The monoisotopic (exact) mass is 193 g/mol. The van der Waals surface area contributed by atoms with Crippen molar-refractivity contribution in [1.29, 1.82) is 0 Å². The van der Waals surface area contributed by atoms with Gasteiger partial charge in [-0.25, -0.2) is 11.4 Å². The Kier molecular flexibility index (Phi) is 3.41. The molecule has 0 unspecified atom stereocenters. The fraction of sp³-hybridized carbons (Fsp3) is 0.333. The summed E-state index contributed by atoms with van der Waals surface area (Å²) >= 11 is 0. The van der Waals surface area contributed by atoms with Crippen molar-refractivity contribution in [1.82, 2.24) is 10.5 Å². The highest BCUT2D eigenvalue weighted by Crippen LogP contribution is 2.16. The Bertz CT molecular complexity index is 332. The van der Waals surface area contributed by atoms with Crippen LogP contribution in [0, 0.1) is 0 Å². The predicted molar refractivity (Wildman–Crippen MR) is 56.4 cm³/mol. The molecule has 0 spiro atoms. The van der Waals surface area contributed by atoms with Crippen molar-refractivity contribution in [3.05, 3.63) is 29.6 Å². The maximum absolute atomic E-state index is 5.69. The maximum atomic E-state index is 5.69. The van der Waals surface area contributed by atoms with Crippen LogP contribution in [0.2, 0.25) is 0 Å². The second kappa shape index (κ2) is 4.57. The number of aromatic nitrogens is 1. The minimum absolute atomic E-state index is 0.303. The quantitative estimate of drug-likeness (QED) is 0.278. The first-order valence-electron chi connectivity index (χ1n) is 4.41. The van der Waals surface area contributed by atoms with E-state index in [1.54, 1.807) is 6.20 Å². The Morgan fingerprint density at radius 3 is 2.86 bits per heavy atom. The molecule has 14 heavy (non-hydrogen) atoms. The minimum atomic E-state index is 0.303. The third-order valence-corrected chi connectivity index (χ3v) is 1.89. The highest BCUT2D eigenvalue weighted by atomic mass is 15.5. The van der Waals surface area contributed by atoms with E-state index in [0.717, 1.165) is 5.56 Å². The third kappa shape index (κ3) is 2.20. The van der Waals surface area contributed by atoms with Crippen molar-refractivity contribution in [3.63, 3.8) is 0 Å². The van der Waals surface area contributed by atoms with Gasteiger partial charge in [0.2, 0.25) is 0 Å². The summed E-state index contributed by atoms with van der Waals surface area (Å²) in [7, 11) is 0. The van der Waals surface area contributed by atoms with Gasteiger partial charge in [0.15, 0.2) is 5.84 Å². The topological polar surface area (TPSA) is 89.3 Å². The minimum Gasteiger partial charge on any atom is -0.380 e. The van der Waals surface area contributed by atoms with E-state index in [-0.39, 0.29) is 0 Å². The Balaban J connectivity index is 3.13. The van der Waals surface area contributed by atoms with Crippen molar-refractivity contribution >= 4 is 5.84 Å². The number of nitrogens with two attached hydrogens (primary N) is 2. The fourth-order valence-corrected chi connectivity index (χ4v) is 1.22. The molecule has 0 aliphatic carbocycles. The van der Waals surface area contributed by atoms with Crippen LogP contribution < -0.4 is 17.1 Å². The van der Waals surface area contributed by atoms with E-state index < -0.39 is 0 Å². The van der Waals surface area contributed by atoms with Gasteiger partial charge in [0.1, 0.15) is 5.69 Å². The zero-order valence-electron chi connectivity index (χ0n) is 8.36. The summed E-state index contributed by atoms with van der Waals surface area (Å²) in [5.41, 5.74) is 9.58. The second-order valence-corrected chi connectivity index (χ2v) is 3.22. The van der Waals surface area contributed by atoms with Gasteiger partial charge in [-0.2, -0.15) is 0 Å². The summed E-state index contributed by atoms with van der Waals surface area (Å²) in [4.78, 5) is 4.17. The first kappa shape index (κ1) is 10.5. The molecule has 0 amide bonds. The molecule has 5 nitrogen and oxygen atoms in total. The van der Waals surface area contributed by atoms with Gasteiger partial charge in [-0.15, -0.1) is 5.10 Å². The number of pyridine rings is 1. The lowest BCUT2D eigenvalue weighted by molar-refractivity contribution is 0.798. The lowest BCUT2D eigenvalue weighted by Gasteiger charge is -2.10. The van der Waals surface area contributed by atoms with Crippen molar-refractivity contribution in [2.75, 3.05) is 0 Å². The number of hydrazone groups is 1. The van der Waals surface area contributed by atoms with Crippen LogP contribution in [-0.4, -0.2) is 10.8 Å². The number of rotatable bonds is 3. The summed E-state index contributed by atoms with van der Waals surface area (Å²) < 4.78 is 0. The first-order chi connectivity index (χ1) is 6.66. The van der Waals surface area contributed by atoms with Crippen LogP contribution >= 0.6 is 0 Å². The molecule has 0 saturated carbocycles. The Hall–Kier alpha value is -1.62. The lowest BCUT2D eigenvalue weighted by Crippen LogP contribution is -2.25. The van der Waals surface area contributed by atoms with Gasteiger partial charge in [0.25, 0.3) is 0 Å². The number of nitrogens with zero attached hydrogens (tertiary/aromatic N) is 2. The Labute approximate surface area is 83.2 Å². The molecule has 1 aromatic heterocycles.